The molecule has 0 aliphatic heterocycles. The molecule has 0 fully saturated rings. The lowest BCUT2D eigenvalue weighted by Crippen LogP contribution is -2.26. The lowest BCUT2D eigenvalue weighted by atomic mass is 10.2. The Kier molecular flexibility index (Phi) is 6.44. The first-order chi connectivity index (χ1) is 17.6. The molecule has 0 atom stereocenters. The Morgan fingerprint density at radius 2 is 0.861 bits per heavy atom. The average molecular weight is 476 g/mol. The van der Waals surface area contributed by atoms with Gasteiger partial charge in [-0.25, -0.2) is 0 Å². The molecule has 0 aliphatic rings. The van der Waals surface area contributed by atoms with Crippen LogP contribution >= 0.6 is 0 Å². The van der Waals surface area contributed by atoms with Crippen molar-refractivity contribution in [3.8, 4) is 0 Å². The Morgan fingerprint density at radius 3 is 1.28 bits per heavy atom. The van der Waals surface area contributed by atoms with E-state index >= 15 is 0 Å². The summed E-state index contributed by atoms with van der Waals surface area (Å²) in [6.45, 7) is 0. The van der Waals surface area contributed by atoms with Gasteiger partial charge in [0.2, 0.25) is 17.8 Å². The third-order valence-corrected chi connectivity index (χ3v) is 5.21. The zero-order chi connectivity index (χ0) is 24.7. The molecule has 7 N–H and O–H groups in total. The minimum absolute atomic E-state index is 0.341. The van der Waals surface area contributed by atoms with Gasteiger partial charge in [-0.2, -0.15) is 15.0 Å². The normalized spacial score (nSPS) is 10.4. The van der Waals surface area contributed by atoms with Crippen LogP contribution in [0.3, 0.4) is 0 Å². The largest absolute Gasteiger partial charge is 0.399 e. The second-order valence-electron chi connectivity index (χ2n) is 7.92. The topological polar surface area (TPSA) is 130 Å². The quantitative estimate of drug-likeness (QED) is 0.142. The number of nitrogens with one attached hydrogen (secondary N) is 3. The molecule has 0 unspecified atom stereocenters. The molecule has 36 heavy (non-hydrogen) atoms. The van der Waals surface area contributed by atoms with E-state index in [2.05, 4.69) is 31.0 Å². The lowest BCUT2D eigenvalue weighted by molar-refractivity contribution is 1.02. The number of hydrogen-bond acceptors (Lipinski definition) is 9. The van der Waals surface area contributed by atoms with Crippen LogP contribution in [0.4, 0.5) is 52.0 Å². The zero-order valence-corrected chi connectivity index (χ0v) is 19.3. The number of hydrazine groups is 1. The van der Waals surface area contributed by atoms with E-state index in [1.165, 1.54) is 0 Å². The summed E-state index contributed by atoms with van der Waals surface area (Å²) >= 11 is 0. The molecule has 9 nitrogen and oxygen atoms in total. The first-order valence-corrected chi connectivity index (χ1v) is 11.3. The van der Waals surface area contributed by atoms with E-state index in [0.29, 0.717) is 29.2 Å². The Hall–Kier alpha value is -5.31. The zero-order valence-electron chi connectivity index (χ0n) is 19.3. The maximum Gasteiger partial charge on any atom is 0.248 e. The number of nitrogen functional groups attached to an aromatic ring is 2. The maximum atomic E-state index is 5.83. The van der Waals surface area contributed by atoms with Crippen LogP contribution in [0.15, 0.2) is 109 Å². The Bertz CT molecular complexity index is 1300. The van der Waals surface area contributed by atoms with E-state index in [1.807, 2.05) is 114 Å². The number of aromatic nitrogens is 3. The number of nitrogens with zero attached hydrogens (tertiary/aromatic N) is 4. The number of nitrogens with two attached hydrogens (primary N) is 2. The molecule has 1 heterocycles. The van der Waals surface area contributed by atoms with Crippen LogP contribution in [0.25, 0.3) is 0 Å². The highest BCUT2D eigenvalue weighted by atomic mass is 15.5. The molecule has 9 heteroatoms. The molecule has 0 saturated carbocycles. The van der Waals surface area contributed by atoms with E-state index in [0.717, 1.165) is 22.7 Å². The van der Waals surface area contributed by atoms with Gasteiger partial charge in [0.25, 0.3) is 0 Å². The van der Waals surface area contributed by atoms with E-state index in [1.54, 1.807) is 0 Å². The SMILES string of the molecule is Nc1ccc(Nc2nc(Nc3ccc(N)cc3)nc(NN(c3ccccc3)c3ccccc3)n2)cc1. The van der Waals surface area contributed by atoms with Crippen LogP contribution in [0, 0.1) is 0 Å². The molecule has 0 radical (unpaired) electrons. The van der Waals surface area contributed by atoms with E-state index in [4.69, 9.17) is 11.5 Å². The predicted octanol–water partition coefficient (Wildman–Crippen LogP) is 5.69. The summed E-state index contributed by atoms with van der Waals surface area (Å²) in [7, 11) is 0. The van der Waals surface area contributed by atoms with E-state index in [9.17, 15) is 0 Å². The average Bonchev–Trinajstić information content (AvgIpc) is 2.91. The highest BCUT2D eigenvalue weighted by molar-refractivity contribution is 5.68. The van der Waals surface area contributed by atoms with Crippen LogP contribution in [0.2, 0.25) is 0 Å². The fraction of sp³-hybridized carbons (Fsp3) is 0. The summed E-state index contributed by atoms with van der Waals surface area (Å²) in [6.07, 6.45) is 0. The van der Waals surface area contributed by atoms with Gasteiger partial charge < -0.3 is 22.1 Å². The Labute approximate surface area is 208 Å². The van der Waals surface area contributed by atoms with Crippen molar-refractivity contribution < 1.29 is 0 Å². The number of benzene rings is 4. The van der Waals surface area contributed by atoms with Gasteiger partial charge in [-0.1, -0.05) is 36.4 Å². The van der Waals surface area contributed by atoms with E-state index < -0.39 is 0 Å². The van der Waals surface area contributed by atoms with Gasteiger partial charge in [-0.15, -0.1) is 0 Å². The summed E-state index contributed by atoms with van der Waals surface area (Å²) in [5.74, 6) is 1.06. The van der Waals surface area contributed by atoms with Crippen molar-refractivity contribution in [2.45, 2.75) is 0 Å². The number of anilines is 9. The van der Waals surface area contributed by atoms with Crippen LogP contribution in [-0.4, -0.2) is 15.0 Å². The first-order valence-electron chi connectivity index (χ1n) is 11.3. The molecule has 4 aromatic carbocycles. The van der Waals surface area contributed by atoms with Gasteiger partial charge in [-0.3, -0.25) is 10.4 Å². The Balaban J connectivity index is 1.51. The third-order valence-electron chi connectivity index (χ3n) is 5.21. The summed E-state index contributed by atoms with van der Waals surface area (Å²) in [5.41, 5.74) is 19.8. The predicted molar refractivity (Wildman–Crippen MR) is 147 cm³/mol. The minimum atomic E-state index is 0.341. The summed E-state index contributed by atoms with van der Waals surface area (Å²) < 4.78 is 0. The van der Waals surface area contributed by atoms with Gasteiger partial charge in [0.15, 0.2) is 0 Å². The fourth-order valence-electron chi connectivity index (χ4n) is 3.46. The van der Waals surface area contributed by atoms with Gasteiger partial charge >= 0.3 is 0 Å². The maximum absolute atomic E-state index is 5.83. The molecular weight excluding hydrogens is 450 g/mol. The van der Waals surface area contributed by atoms with Crippen molar-refractivity contribution in [1.82, 2.24) is 15.0 Å². The highest BCUT2D eigenvalue weighted by Gasteiger charge is 2.14. The minimum Gasteiger partial charge on any atom is -0.399 e. The van der Waals surface area contributed by atoms with Crippen molar-refractivity contribution in [3.05, 3.63) is 109 Å². The van der Waals surface area contributed by atoms with Crippen molar-refractivity contribution >= 4 is 52.0 Å². The molecule has 5 rings (SSSR count). The van der Waals surface area contributed by atoms with Crippen molar-refractivity contribution in [1.29, 1.82) is 0 Å². The molecule has 0 aliphatic carbocycles. The molecule has 5 aromatic rings. The van der Waals surface area contributed by atoms with Crippen molar-refractivity contribution in [3.63, 3.8) is 0 Å². The van der Waals surface area contributed by atoms with Crippen LogP contribution in [-0.2, 0) is 0 Å². The lowest BCUT2D eigenvalue weighted by Gasteiger charge is -2.25. The van der Waals surface area contributed by atoms with Gasteiger partial charge in [0.05, 0.1) is 11.4 Å². The molecule has 1 aromatic heterocycles. The monoisotopic (exact) mass is 475 g/mol. The van der Waals surface area contributed by atoms with Gasteiger partial charge in [0.1, 0.15) is 0 Å². The molecule has 178 valence electrons. The first kappa shape index (κ1) is 22.5. The molecule has 0 spiro atoms. The molecule has 0 amide bonds. The third kappa shape index (κ3) is 5.60. The second-order valence-corrected chi connectivity index (χ2v) is 7.92. The van der Waals surface area contributed by atoms with Crippen LogP contribution in [0.5, 0.6) is 0 Å². The Morgan fingerprint density at radius 1 is 0.472 bits per heavy atom. The number of para-hydroxylation sites is 2. The number of hydrogen-bond donors (Lipinski definition) is 5. The second kappa shape index (κ2) is 10.3. The van der Waals surface area contributed by atoms with Crippen molar-refractivity contribution in [2.24, 2.45) is 0 Å². The summed E-state index contributed by atoms with van der Waals surface area (Å²) in [4.78, 5) is 13.8. The van der Waals surface area contributed by atoms with Gasteiger partial charge in [-0.05, 0) is 72.8 Å². The van der Waals surface area contributed by atoms with Crippen LogP contribution < -0.4 is 32.5 Å². The smallest absolute Gasteiger partial charge is 0.248 e. The number of rotatable bonds is 8. The van der Waals surface area contributed by atoms with Crippen molar-refractivity contribution in [2.75, 3.05) is 32.5 Å². The van der Waals surface area contributed by atoms with Gasteiger partial charge in [0, 0.05) is 22.7 Å². The highest BCUT2D eigenvalue weighted by Crippen LogP contribution is 2.26. The molecule has 0 saturated heterocycles. The molecule has 0 bridgehead atoms. The standard InChI is InChI=1S/C27H25N9/c28-19-11-15-21(16-12-19)30-25-32-26(31-22-17-13-20(29)14-18-22)34-27(33-25)35-36(23-7-3-1-4-8-23)24-9-5-2-6-10-24/h1-18H,28-29H2,(H3,30,31,32,33,34,35). The van der Waals surface area contributed by atoms with E-state index in [-0.39, 0.29) is 0 Å². The summed E-state index contributed by atoms with van der Waals surface area (Å²) in [5, 5.41) is 8.36. The molecular formula is C27H25N9. The fourth-order valence-corrected chi connectivity index (χ4v) is 3.46. The summed E-state index contributed by atoms with van der Waals surface area (Å²) in [6, 6.07) is 34.5. The van der Waals surface area contributed by atoms with Crippen LogP contribution in [0.1, 0.15) is 0 Å².